The van der Waals surface area contributed by atoms with Crippen LogP contribution >= 0.6 is 11.8 Å². The van der Waals surface area contributed by atoms with Crippen molar-refractivity contribution in [3.63, 3.8) is 0 Å². The Morgan fingerprint density at radius 2 is 1.89 bits per heavy atom. The Morgan fingerprint density at radius 3 is 2.68 bits per heavy atom. The second kappa shape index (κ2) is 16.8. The molecule has 210 valence electrons. The van der Waals surface area contributed by atoms with Crippen molar-refractivity contribution in [2.75, 3.05) is 51.9 Å². The van der Waals surface area contributed by atoms with E-state index in [-0.39, 0.29) is 24.0 Å². The molecule has 3 N–H and O–H groups in total. The molecule has 11 nitrogen and oxygen atoms in total. The lowest BCUT2D eigenvalue weighted by molar-refractivity contribution is -0.121. The van der Waals surface area contributed by atoms with Crippen LogP contribution in [0.5, 0.6) is 0 Å². The number of rotatable bonds is 20. The van der Waals surface area contributed by atoms with Gasteiger partial charge in [0.2, 0.25) is 5.91 Å². The van der Waals surface area contributed by atoms with Gasteiger partial charge >= 0.3 is 6.03 Å². The van der Waals surface area contributed by atoms with Gasteiger partial charge in [-0.25, -0.2) is 9.48 Å². The van der Waals surface area contributed by atoms with E-state index in [0.29, 0.717) is 70.3 Å². The average Bonchev–Trinajstić information content (AvgIpc) is 3.60. The molecule has 0 bridgehead atoms. The number of fused-ring (bicyclic) bond motifs is 1. The molecular weight excluding hydrogens is 496 g/mol. The number of thioether (sulfide) groups is 1. The van der Waals surface area contributed by atoms with Gasteiger partial charge in [0.15, 0.2) is 0 Å². The maximum absolute atomic E-state index is 12.0. The molecule has 2 aliphatic rings. The number of unbranched alkanes of at least 4 members (excludes halogenated alkanes) is 2. The summed E-state index contributed by atoms with van der Waals surface area (Å²) in [6.45, 7) is 8.55. The summed E-state index contributed by atoms with van der Waals surface area (Å²) < 4.78 is 18.4. The molecule has 0 radical (unpaired) electrons. The van der Waals surface area contributed by atoms with E-state index in [1.165, 1.54) is 0 Å². The van der Waals surface area contributed by atoms with Gasteiger partial charge in [-0.1, -0.05) is 31.9 Å². The third kappa shape index (κ3) is 10.8. The minimum absolute atomic E-state index is 0.0371. The first-order valence-corrected chi connectivity index (χ1v) is 14.7. The van der Waals surface area contributed by atoms with Crippen molar-refractivity contribution in [2.24, 2.45) is 0 Å². The molecule has 0 aliphatic carbocycles. The third-order valence-electron chi connectivity index (χ3n) is 6.78. The van der Waals surface area contributed by atoms with Gasteiger partial charge in [0.25, 0.3) is 0 Å². The van der Waals surface area contributed by atoms with Crippen molar-refractivity contribution >= 4 is 23.7 Å². The maximum Gasteiger partial charge on any atom is 0.315 e. The monoisotopic (exact) mass is 540 g/mol. The number of carbonyl (C=O) groups excluding carboxylic acids is 2. The second-order valence-corrected chi connectivity index (χ2v) is 10.9. The number of ether oxygens (including phenoxy) is 3. The summed E-state index contributed by atoms with van der Waals surface area (Å²) in [5, 5.41) is 17.7. The molecule has 2 saturated heterocycles. The molecule has 1 aromatic heterocycles. The molecule has 2 unspecified atom stereocenters. The molecule has 3 heterocycles. The fourth-order valence-electron chi connectivity index (χ4n) is 4.36. The van der Waals surface area contributed by atoms with Crippen LogP contribution in [0.15, 0.2) is 6.20 Å². The van der Waals surface area contributed by atoms with Gasteiger partial charge in [0, 0.05) is 36.1 Å². The molecule has 0 saturated carbocycles. The summed E-state index contributed by atoms with van der Waals surface area (Å²) in [5.74, 6) is 1.49. The Hall–Kier alpha value is -1.89. The highest BCUT2D eigenvalue weighted by atomic mass is 32.2. The fraction of sp³-hybridized carbons (Fsp3) is 0.840. The Morgan fingerprint density at radius 1 is 1.14 bits per heavy atom. The van der Waals surface area contributed by atoms with E-state index in [1.54, 1.807) is 0 Å². The molecule has 12 heteroatoms. The van der Waals surface area contributed by atoms with Crippen LogP contribution < -0.4 is 16.0 Å². The fourth-order valence-corrected chi connectivity index (χ4v) is 5.90. The highest BCUT2D eigenvalue weighted by molar-refractivity contribution is 8.00. The lowest BCUT2D eigenvalue weighted by Crippen LogP contribution is -2.36. The molecule has 3 rings (SSSR count). The van der Waals surface area contributed by atoms with E-state index < -0.39 is 0 Å². The van der Waals surface area contributed by atoms with Gasteiger partial charge in [-0.15, -0.1) is 5.10 Å². The van der Waals surface area contributed by atoms with Crippen LogP contribution in [0.1, 0.15) is 64.0 Å². The van der Waals surface area contributed by atoms with Crippen LogP contribution in [0.3, 0.4) is 0 Å². The predicted octanol–water partition coefficient (Wildman–Crippen LogP) is 2.07. The third-order valence-corrected chi connectivity index (χ3v) is 8.29. The van der Waals surface area contributed by atoms with Crippen molar-refractivity contribution in [1.82, 2.24) is 30.9 Å². The Labute approximate surface area is 224 Å². The van der Waals surface area contributed by atoms with E-state index in [9.17, 15) is 9.59 Å². The van der Waals surface area contributed by atoms with Crippen molar-refractivity contribution in [3.05, 3.63) is 11.9 Å². The average molecular weight is 541 g/mol. The Bertz CT molecular complexity index is 812. The number of aromatic nitrogens is 3. The lowest BCUT2D eigenvalue weighted by atomic mass is 10.0. The Kier molecular flexibility index (Phi) is 13.5. The minimum Gasteiger partial charge on any atom is -0.377 e. The van der Waals surface area contributed by atoms with Gasteiger partial charge in [-0.2, -0.15) is 11.8 Å². The number of carbonyl (C=O) groups is 2. The first-order chi connectivity index (χ1) is 18.1. The largest absolute Gasteiger partial charge is 0.377 e. The first-order valence-electron chi connectivity index (χ1n) is 13.7. The van der Waals surface area contributed by atoms with Gasteiger partial charge < -0.3 is 30.2 Å². The highest BCUT2D eigenvalue weighted by Crippen LogP contribution is 2.33. The molecule has 3 amide bonds. The molecule has 2 fully saturated rings. The highest BCUT2D eigenvalue weighted by Gasteiger charge is 2.42. The first kappa shape index (κ1) is 29.7. The summed E-state index contributed by atoms with van der Waals surface area (Å²) in [7, 11) is 0. The van der Waals surface area contributed by atoms with Gasteiger partial charge in [-0.05, 0) is 19.3 Å². The molecule has 0 spiro atoms. The molecular formula is C25H44N6O5S. The molecule has 4 atom stereocenters. The summed E-state index contributed by atoms with van der Waals surface area (Å²) in [4.78, 5) is 23.4. The topological polar surface area (TPSA) is 129 Å². The Balaban J connectivity index is 1.04. The van der Waals surface area contributed by atoms with Crippen LogP contribution in [0.4, 0.5) is 4.79 Å². The predicted molar refractivity (Wildman–Crippen MR) is 143 cm³/mol. The number of hydrogen-bond acceptors (Lipinski definition) is 8. The number of amides is 3. The van der Waals surface area contributed by atoms with Crippen LogP contribution in [-0.2, 0) is 25.5 Å². The van der Waals surface area contributed by atoms with Crippen LogP contribution in [0.25, 0.3) is 0 Å². The second-order valence-electron chi connectivity index (χ2n) is 9.62. The van der Waals surface area contributed by atoms with Crippen LogP contribution in [0, 0.1) is 0 Å². The number of hydrogen-bond donors (Lipinski definition) is 3. The summed E-state index contributed by atoms with van der Waals surface area (Å²) in [6, 6.07) is 0.504. The van der Waals surface area contributed by atoms with Crippen molar-refractivity contribution < 1.29 is 23.8 Å². The normalized spacial score (nSPS) is 21.5. The quantitative estimate of drug-likeness (QED) is 0.169. The summed E-state index contributed by atoms with van der Waals surface area (Å²) >= 11 is 1.94. The molecule has 1 aromatic rings. The zero-order valence-corrected chi connectivity index (χ0v) is 23.1. The van der Waals surface area contributed by atoms with E-state index in [0.717, 1.165) is 43.6 Å². The van der Waals surface area contributed by atoms with E-state index in [2.05, 4.69) is 40.1 Å². The van der Waals surface area contributed by atoms with Crippen LogP contribution in [-0.4, -0.2) is 96.2 Å². The number of nitrogens with zero attached hydrogens (tertiary/aromatic N) is 3. The van der Waals surface area contributed by atoms with Gasteiger partial charge in [0.1, 0.15) is 0 Å². The van der Waals surface area contributed by atoms with E-state index in [1.807, 2.05) is 22.6 Å². The number of nitrogens with one attached hydrogen (secondary N) is 3. The zero-order valence-electron chi connectivity index (χ0n) is 22.3. The minimum atomic E-state index is -0.0371. The smallest absolute Gasteiger partial charge is 0.315 e. The lowest BCUT2D eigenvalue weighted by Gasteiger charge is -2.16. The maximum atomic E-state index is 12.0. The summed E-state index contributed by atoms with van der Waals surface area (Å²) in [6.07, 6.45) is 7.66. The van der Waals surface area contributed by atoms with Crippen molar-refractivity contribution in [2.45, 2.75) is 82.2 Å². The standard InChI is InChI=1S/C25H44N6O5S/c1-3-19(2)20-17-31(30-29-20)10-12-35-14-16-36-15-13-34-11-9-26-23(32)8-6-4-5-7-22-24-21(18-37-22)27-25(33)28-24/h17,19,21-22,24H,3-16,18H2,1-2H3,(H,26,32)(H2,27,28,33)/t19?,21-,22?,24-/m0/s1. The molecule has 37 heavy (non-hydrogen) atoms. The zero-order chi connectivity index (χ0) is 26.3. The van der Waals surface area contributed by atoms with Crippen molar-refractivity contribution in [3.8, 4) is 0 Å². The van der Waals surface area contributed by atoms with Crippen molar-refractivity contribution in [1.29, 1.82) is 0 Å². The summed E-state index contributed by atoms with van der Waals surface area (Å²) in [5.41, 5.74) is 1.02. The number of urea groups is 1. The van der Waals surface area contributed by atoms with E-state index >= 15 is 0 Å². The van der Waals surface area contributed by atoms with E-state index in [4.69, 9.17) is 14.2 Å². The molecule has 0 aromatic carbocycles. The SMILES string of the molecule is CCC(C)c1cn(CCOCCOCCOCCNC(=O)CCCCCC2SC[C@@H]3NC(=O)N[C@H]23)nn1. The van der Waals surface area contributed by atoms with Gasteiger partial charge in [-0.3, -0.25) is 4.79 Å². The van der Waals surface area contributed by atoms with Crippen LogP contribution in [0.2, 0.25) is 0 Å². The van der Waals surface area contributed by atoms with Gasteiger partial charge in [0.05, 0.1) is 64.0 Å². The molecule has 2 aliphatic heterocycles.